The summed E-state index contributed by atoms with van der Waals surface area (Å²) in [5, 5.41) is 0.957. The molecule has 1 rings (SSSR count). The highest BCUT2D eigenvalue weighted by Crippen LogP contribution is 2.23. The van der Waals surface area contributed by atoms with Gasteiger partial charge in [-0.3, -0.25) is 0 Å². The van der Waals surface area contributed by atoms with Gasteiger partial charge in [-0.1, -0.05) is 22.0 Å². The molecule has 0 aliphatic rings. The summed E-state index contributed by atoms with van der Waals surface area (Å²) >= 11 is 3.41. The highest BCUT2D eigenvalue weighted by molar-refractivity contribution is 9.09. The molecule has 18 heavy (non-hydrogen) atoms. The number of rotatable bonds is 7. The van der Waals surface area contributed by atoms with Crippen LogP contribution in [0.2, 0.25) is 0 Å². The first-order valence-corrected chi connectivity index (χ1v) is 7.33. The maximum atomic E-state index is 11.6. The predicted molar refractivity (Wildman–Crippen MR) is 75.7 cm³/mol. The van der Waals surface area contributed by atoms with Gasteiger partial charge in [-0.05, 0) is 44.4 Å². The average molecular weight is 315 g/mol. The van der Waals surface area contributed by atoms with E-state index in [2.05, 4.69) is 15.9 Å². The van der Waals surface area contributed by atoms with Gasteiger partial charge in [0.15, 0.2) is 0 Å². The van der Waals surface area contributed by atoms with Crippen molar-refractivity contribution < 1.29 is 14.3 Å². The number of carbonyl (C=O) groups excluding carboxylic acids is 1. The number of ether oxygens (including phenoxy) is 2. The second-order valence-electron chi connectivity index (χ2n) is 3.77. The Hall–Kier alpha value is -1.03. The zero-order valence-corrected chi connectivity index (χ0v) is 12.5. The Morgan fingerprint density at radius 3 is 2.67 bits per heavy atom. The van der Waals surface area contributed by atoms with Crippen molar-refractivity contribution in [1.29, 1.82) is 0 Å². The lowest BCUT2D eigenvalue weighted by atomic mass is 10.1. The van der Waals surface area contributed by atoms with Crippen molar-refractivity contribution in [2.45, 2.75) is 26.7 Å². The minimum atomic E-state index is -0.300. The molecule has 0 N–H and O–H groups in total. The summed E-state index contributed by atoms with van der Waals surface area (Å²) in [6, 6.07) is 5.51. The van der Waals surface area contributed by atoms with Gasteiger partial charge in [-0.2, -0.15) is 0 Å². The van der Waals surface area contributed by atoms with Crippen LogP contribution in [0.5, 0.6) is 5.75 Å². The smallest absolute Gasteiger partial charge is 0.338 e. The van der Waals surface area contributed by atoms with Crippen molar-refractivity contribution in [3.63, 3.8) is 0 Å². The van der Waals surface area contributed by atoms with E-state index in [1.165, 1.54) is 0 Å². The largest absolute Gasteiger partial charge is 0.494 e. The number of hydrogen-bond acceptors (Lipinski definition) is 3. The molecule has 0 fully saturated rings. The highest BCUT2D eigenvalue weighted by atomic mass is 79.9. The van der Waals surface area contributed by atoms with Crippen molar-refractivity contribution in [3.05, 3.63) is 29.3 Å². The van der Waals surface area contributed by atoms with Crippen LogP contribution in [0.25, 0.3) is 0 Å². The summed E-state index contributed by atoms with van der Waals surface area (Å²) in [4.78, 5) is 11.6. The highest BCUT2D eigenvalue weighted by Gasteiger charge is 2.11. The Labute approximate surface area is 117 Å². The Kier molecular flexibility index (Phi) is 6.80. The number of halogens is 1. The molecule has 0 amide bonds. The number of alkyl halides is 1. The lowest BCUT2D eigenvalue weighted by Crippen LogP contribution is -2.06. The molecule has 0 saturated carbocycles. The van der Waals surface area contributed by atoms with E-state index in [-0.39, 0.29) is 5.97 Å². The molecule has 0 bridgehead atoms. The van der Waals surface area contributed by atoms with Crippen LogP contribution in [0.4, 0.5) is 0 Å². The molecule has 0 saturated heterocycles. The van der Waals surface area contributed by atoms with Crippen LogP contribution in [0.3, 0.4) is 0 Å². The van der Waals surface area contributed by atoms with E-state index >= 15 is 0 Å². The van der Waals surface area contributed by atoms with E-state index < -0.39 is 0 Å². The van der Waals surface area contributed by atoms with Gasteiger partial charge in [0.05, 0.1) is 18.8 Å². The number of esters is 1. The fraction of sp³-hybridized carbons (Fsp3) is 0.500. The van der Waals surface area contributed by atoms with Gasteiger partial charge in [0, 0.05) is 5.33 Å². The number of carbonyl (C=O) groups is 1. The van der Waals surface area contributed by atoms with E-state index in [1.807, 2.05) is 13.0 Å². The van der Waals surface area contributed by atoms with E-state index in [1.54, 1.807) is 19.1 Å². The summed E-state index contributed by atoms with van der Waals surface area (Å²) < 4.78 is 10.6. The van der Waals surface area contributed by atoms with Crippen molar-refractivity contribution in [3.8, 4) is 5.75 Å². The van der Waals surface area contributed by atoms with E-state index in [4.69, 9.17) is 9.47 Å². The quantitative estimate of drug-likeness (QED) is 0.570. The predicted octanol–water partition coefficient (Wildman–Crippen LogP) is 3.59. The second kappa shape index (κ2) is 8.14. The van der Waals surface area contributed by atoms with E-state index in [0.717, 1.165) is 29.5 Å². The van der Waals surface area contributed by atoms with Crippen LogP contribution in [-0.2, 0) is 11.2 Å². The number of benzene rings is 1. The van der Waals surface area contributed by atoms with E-state index in [9.17, 15) is 4.79 Å². The van der Waals surface area contributed by atoms with Crippen LogP contribution in [-0.4, -0.2) is 24.5 Å². The molecule has 0 aliphatic carbocycles. The molecule has 3 nitrogen and oxygen atoms in total. The second-order valence-corrected chi connectivity index (χ2v) is 4.56. The summed E-state index contributed by atoms with van der Waals surface area (Å²) in [5.41, 5.74) is 1.67. The van der Waals surface area contributed by atoms with Crippen LogP contribution in [0.15, 0.2) is 18.2 Å². The van der Waals surface area contributed by atoms with Crippen LogP contribution in [0, 0.1) is 0 Å². The molecule has 0 spiro atoms. The molecule has 0 radical (unpaired) electrons. The van der Waals surface area contributed by atoms with Crippen molar-refractivity contribution >= 4 is 21.9 Å². The van der Waals surface area contributed by atoms with Gasteiger partial charge in [-0.15, -0.1) is 0 Å². The topological polar surface area (TPSA) is 35.5 Å². The fourth-order valence-electron chi connectivity index (χ4n) is 1.65. The minimum Gasteiger partial charge on any atom is -0.494 e. The number of hydrogen-bond donors (Lipinski definition) is 0. The summed E-state index contributed by atoms with van der Waals surface area (Å²) in [6.07, 6.45) is 1.97. The SMILES string of the molecule is CCOC(=O)c1ccc(CCCBr)c(OCC)c1. The van der Waals surface area contributed by atoms with Gasteiger partial charge < -0.3 is 9.47 Å². The molecule has 1 aromatic rings. The molecule has 0 unspecified atom stereocenters. The third-order valence-corrected chi connectivity index (χ3v) is 3.02. The first-order chi connectivity index (χ1) is 8.72. The monoisotopic (exact) mass is 314 g/mol. The molecule has 0 heterocycles. The molecular formula is C14H19BrO3. The van der Waals surface area contributed by atoms with E-state index in [0.29, 0.717) is 18.8 Å². The third kappa shape index (κ3) is 4.33. The van der Waals surface area contributed by atoms with Crippen LogP contribution >= 0.6 is 15.9 Å². The first kappa shape index (κ1) is 15.0. The molecule has 4 heteroatoms. The lowest BCUT2D eigenvalue weighted by molar-refractivity contribution is 0.0526. The molecule has 0 aromatic heterocycles. The molecule has 100 valence electrons. The number of aryl methyl sites for hydroxylation is 1. The lowest BCUT2D eigenvalue weighted by Gasteiger charge is -2.11. The normalized spacial score (nSPS) is 10.2. The zero-order chi connectivity index (χ0) is 13.4. The summed E-state index contributed by atoms with van der Waals surface area (Å²) in [7, 11) is 0. The Morgan fingerprint density at radius 1 is 1.28 bits per heavy atom. The zero-order valence-electron chi connectivity index (χ0n) is 10.9. The van der Waals surface area contributed by atoms with Gasteiger partial charge >= 0.3 is 5.97 Å². The van der Waals surface area contributed by atoms with Crippen LogP contribution < -0.4 is 4.74 Å². The maximum absolute atomic E-state index is 11.6. The third-order valence-electron chi connectivity index (χ3n) is 2.46. The van der Waals surface area contributed by atoms with Gasteiger partial charge in [0.25, 0.3) is 0 Å². The Morgan fingerprint density at radius 2 is 2.06 bits per heavy atom. The maximum Gasteiger partial charge on any atom is 0.338 e. The standard InChI is InChI=1S/C14H19BrO3/c1-3-17-13-10-12(14(16)18-4-2)8-7-11(13)6-5-9-15/h7-8,10H,3-6,9H2,1-2H3. The molecule has 1 aromatic carbocycles. The first-order valence-electron chi connectivity index (χ1n) is 6.21. The van der Waals surface area contributed by atoms with Gasteiger partial charge in [-0.25, -0.2) is 4.79 Å². The Bertz CT molecular complexity index is 391. The van der Waals surface area contributed by atoms with Gasteiger partial charge in [0.2, 0.25) is 0 Å². The van der Waals surface area contributed by atoms with Crippen molar-refractivity contribution in [2.75, 3.05) is 18.5 Å². The molecule has 0 aliphatic heterocycles. The molecule has 0 atom stereocenters. The fourth-order valence-corrected chi connectivity index (χ4v) is 1.93. The van der Waals surface area contributed by atoms with Crippen LogP contribution in [0.1, 0.15) is 36.2 Å². The summed E-state index contributed by atoms with van der Waals surface area (Å²) in [5.74, 6) is 0.481. The van der Waals surface area contributed by atoms with Crippen molar-refractivity contribution in [1.82, 2.24) is 0 Å². The molecular weight excluding hydrogens is 296 g/mol. The Balaban J connectivity index is 2.91. The van der Waals surface area contributed by atoms with Crippen molar-refractivity contribution in [2.24, 2.45) is 0 Å². The minimum absolute atomic E-state index is 0.300. The van der Waals surface area contributed by atoms with Gasteiger partial charge in [0.1, 0.15) is 5.75 Å². The average Bonchev–Trinajstić information content (AvgIpc) is 2.38. The summed E-state index contributed by atoms with van der Waals surface area (Å²) in [6.45, 7) is 4.71.